The third-order valence-electron chi connectivity index (χ3n) is 4.16. The van der Waals surface area contributed by atoms with Crippen molar-refractivity contribution in [3.8, 4) is 0 Å². The molecule has 0 saturated heterocycles. The second-order valence-electron chi connectivity index (χ2n) is 5.69. The Morgan fingerprint density at radius 2 is 1.85 bits per heavy atom. The fourth-order valence-electron chi connectivity index (χ4n) is 2.94. The monoisotopic (exact) mass is 294 g/mol. The number of hydrogen-bond acceptors (Lipinski definition) is 2. The van der Waals surface area contributed by atoms with Crippen LogP contribution in [0.3, 0.4) is 0 Å². The van der Waals surface area contributed by atoms with Gasteiger partial charge in [0, 0.05) is 18.8 Å². The normalized spacial score (nSPS) is 22.7. The van der Waals surface area contributed by atoms with Gasteiger partial charge in [0.05, 0.1) is 0 Å². The zero-order chi connectivity index (χ0) is 14.4. The van der Waals surface area contributed by atoms with Gasteiger partial charge in [-0.3, -0.25) is 4.79 Å². The molecule has 0 heterocycles. The molecule has 0 spiro atoms. The molecular weight excluding hydrogens is 272 g/mol. The average Bonchev–Trinajstić information content (AvgIpc) is 2.48. The highest BCUT2D eigenvalue weighted by molar-refractivity contribution is 6.67. The Kier molecular flexibility index (Phi) is 6.06. The third-order valence-corrected chi connectivity index (χ3v) is 4.38. The van der Waals surface area contributed by atoms with Crippen LogP contribution in [0, 0.1) is 5.92 Å². The van der Waals surface area contributed by atoms with Crippen LogP contribution in [0.2, 0.25) is 0 Å². The number of hydrogen-bond donors (Lipinski definition) is 0. The summed E-state index contributed by atoms with van der Waals surface area (Å²) >= 11 is 5.47. The maximum Gasteiger partial charge on any atom is 0.252 e. The van der Waals surface area contributed by atoms with Crippen molar-refractivity contribution in [2.24, 2.45) is 5.92 Å². The number of ether oxygens (including phenoxy) is 1. The smallest absolute Gasteiger partial charge is 0.252 e. The minimum atomic E-state index is -0.381. The number of halogens is 1. The number of carbonyl (C=O) groups is 1. The van der Waals surface area contributed by atoms with Gasteiger partial charge in [-0.25, -0.2) is 0 Å². The van der Waals surface area contributed by atoms with E-state index in [0.717, 1.165) is 25.6 Å². The van der Waals surface area contributed by atoms with Gasteiger partial charge in [-0.2, -0.15) is 0 Å². The van der Waals surface area contributed by atoms with E-state index in [1.165, 1.54) is 31.2 Å². The largest absolute Gasteiger partial charge is 0.381 e. The second kappa shape index (κ2) is 7.80. The van der Waals surface area contributed by atoms with Crippen LogP contribution in [0.1, 0.15) is 60.9 Å². The summed E-state index contributed by atoms with van der Waals surface area (Å²) in [4.78, 5) is 11.1. The minimum absolute atomic E-state index is 0.381. The van der Waals surface area contributed by atoms with Crippen molar-refractivity contribution >= 4 is 16.8 Å². The van der Waals surface area contributed by atoms with E-state index in [9.17, 15) is 4.79 Å². The van der Waals surface area contributed by atoms with E-state index in [-0.39, 0.29) is 5.24 Å². The minimum Gasteiger partial charge on any atom is -0.381 e. The molecule has 0 atom stereocenters. The number of carbonyl (C=O) groups excluding carboxylic acids is 1. The van der Waals surface area contributed by atoms with Crippen molar-refractivity contribution < 1.29 is 9.53 Å². The third kappa shape index (κ3) is 4.32. The van der Waals surface area contributed by atoms with Gasteiger partial charge in [-0.05, 0) is 73.2 Å². The van der Waals surface area contributed by atoms with Crippen molar-refractivity contribution in [2.45, 2.75) is 44.9 Å². The predicted octanol–water partition coefficient (Wildman–Crippen LogP) is 4.77. The highest BCUT2D eigenvalue weighted by atomic mass is 35.5. The van der Waals surface area contributed by atoms with E-state index in [2.05, 4.69) is 6.92 Å². The zero-order valence-electron chi connectivity index (χ0n) is 12.1. The lowest BCUT2D eigenvalue weighted by Crippen LogP contribution is -2.18. The van der Waals surface area contributed by atoms with Crippen LogP contribution in [0.5, 0.6) is 0 Å². The van der Waals surface area contributed by atoms with Gasteiger partial charge in [0.15, 0.2) is 0 Å². The SMILES string of the molecule is CCCOCC1CCC(c2ccc(C(=O)Cl)cc2)CC1. The lowest BCUT2D eigenvalue weighted by molar-refractivity contribution is 0.0832. The van der Waals surface area contributed by atoms with E-state index >= 15 is 0 Å². The first kappa shape index (κ1) is 15.5. The maximum atomic E-state index is 11.1. The summed E-state index contributed by atoms with van der Waals surface area (Å²) in [6.07, 6.45) is 6.01. The molecule has 0 aromatic heterocycles. The van der Waals surface area contributed by atoms with Gasteiger partial charge in [-0.15, -0.1) is 0 Å². The van der Waals surface area contributed by atoms with Crippen LogP contribution in [0.15, 0.2) is 24.3 Å². The molecular formula is C17H23ClO2. The Labute approximate surface area is 126 Å². The van der Waals surface area contributed by atoms with Crippen LogP contribution < -0.4 is 0 Å². The molecule has 2 nitrogen and oxygen atoms in total. The predicted molar refractivity (Wildman–Crippen MR) is 82.4 cm³/mol. The Morgan fingerprint density at radius 3 is 2.40 bits per heavy atom. The molecule has 0 aliphatic heterocycles. The summed E-state index contributed by atoms with van der Waals surface area (Å²) in [5, 5.41) is -0.381. The first-order chi connectivity index (χ1) is 9.70. The summed E-state index contributed by atoms with van der Waals surface area (Å²) < 4.78 is 5.65. The van der Waals surface area contributed by atoms with Crippen molar-refractivity contribution in [1.82, 2.24) is 0 Å². The van der Waals surface area contributed by atoms with Crippen LogP contribution in [-0.4, -0.2) is 18.5 Å². The fraction of sp³-hybridized carbons (Fsp3) is 0.588. The molecule has 1 aromatic carbocycles. The van der Waals surface area contributed by atoms with Gasteiger partial charge < -0.3 is 4.74 Å². The topological polar surface area (TPSA) is 26.3 Å². The van der Waals surface area contributed by atoms with E-state index in [0.29, 0.717) is 11.5 Å². The molecule has 0 amide bonds. The maximum absolute atomic E-state index is 11.1. The van der Waals surface area contributed by atoms with Crippen LogP contribution in [0.25, 0.3) is 0 Å². The summed E-state index contributed by atoms with van der Waals surface area (Å²) in [5.41, 5.74) is 1.91. The van der Waals surface area contributed by atoms with Crippen LogP contribution >= 0.6 is 11.6 Å². The van der Waals surface area contributed by atoms with Crippen LogP contribution in [-0.2, 0) is 4.74 Å². The highest BCUT2D eigenvalue weighted by Crippen LogP contribution is 2.35. The molecule has 1 aliphatic rings. The molecule has 110 valence electrons. The van der Waals surface area contributed by atoms with Crippen molar-refractivity contribution in [3.05, 3.63) is 35.4 Å². The molecule has 1 saturated carbocycles. The molecule has 0 N–H and O–H groups in total. The van der Waals surface area contributed by atoms with E-state index in [1.54, 1.807) is 0 Å². The Hall–Kier alpha value is -0.860. The van der Waals surface area contributed by atoms with E-state index in [1.807, 2.05) is 24.3 Å². The molecule has 1 aliphatic carbocycles. The molecule has 0 unspecified atom stereocenters. The van der Waals surface area contributed by atoms with Gasteiger partial charge in [0.1, 0.15) is 0 Å². The first-order valence-corrected chi connectivity index (χ1v) is 7.96. The molecule has 3 heteroatoms. The van der Waals surface area contributed by atoms with Crippen molar-refractivity contribution in [2.75, 3.05) is 13.2 Å². The quantitative estimate of drug-likeness (QED) is 0.558. The zero-order valence-corrected chi connectivity index (χ0v) is 12.9. The molecule has 1 fully saturated rings. The fourth-order valence-corrected chi connectivity index (χ4v) is 3.07. The molecule has 0 radical (unpaired) electrons. The lowest BCUT2D eigenvalue weighted by Gasteiger charge is -2.28. The van der Waals surface area contributed by atoms with Crippen molar-refractivity contribution in [3.63, 3.8) is 0 Å². The second-order valence-corrected chi connectivity index (χ2v) is 6.03. The van der Waals surface area contributed by atoms with E-state index in [4.69, 9.17) is 16.3 Å². The first-order valence-electron chi connectivity index (χ1n) is 7.58. The lowest BCUT2D eigenvalue weighted by atomic mass is 9.79. The van der Waals surface area contributed by atoms with E-state index < -0.39 is 0 Å². The summed E-state index contributed by atoms with van der Waals surface area (Å²) in [7, 11) is 0. The molecule has 0 bridgehead atoms. The average molecular weight is 295 g/mol. The Bertz CT molecular complexity index is 419. The molecule has 2 rings (SSSR count). The Balaban J connectivity index is 1.82. The molecule has 20 heavy (non-hydrogen) atoms. The number of benzene rings is 1. The summed E-state index contributed by atoms with van der Waals surface area (Å²) in [6, 6.07) is 7.77. The van der Waals surface area contributed by atoms with Crippen molar-refractivity contribution in [1.29, 1.82) is 0 Å². The summed E-state index contributed by atoms with van der Waals surface area (Å²) in [6.45, 7) is 3.94. The Morgan fingerprint density at radius 1 is 1.20 bits per heavy atom. The summed E-state index contributed by atoms with van der Waals surface area (Å²) in [5.74, 6) is 1.35. The van der Waals surface area contributed by atoms with Gasteiger partial charge in [-0.1, -0.05) is 19.1 Å². The highest BCUT2D eigenvalue weighted by Gasteiger charge is 2.22. The number of rotatable bonds is 6. The van der Waals surface area contributed by atoms with Gasteiger partial charge >= 0.3 is 0 Å². The standard InChI is InChI=1S/C17H23ClO2/c1-2-11-20-12-13-3-5-14(6-4-13)15-7-9-16(10-8-15)17(18)19/h7-10,13-14H,2-6,11-12H2,1H3. The molecule has 1 aromatic rings. The van der Waals surface area contributed by atoms with Crippen LogP contribution in [0.4, 0.5) is 0 Å². The van der Waals surface area contributed by atoms with Gasteiger partial charge in [0.25, 0.3) is 5.24 Å². The van der Waals surface area contributed by atoms with Gasteiger partial charge in [0.2, 0.25) is 0 Å².